The lowest BCUT2D eigenvalue weighted by Crippen LogP contribution is -2.13. The standard InChI is InChI=1S/C24H25N2O8PS3/c1-14(2)32-17-10-15(11-18(12-17)33-16-4-6-19(7-5-16)38(3,30)31)23(27)26-24-25-20(13-37-24)21-8-9-22(34-21)35(28,29)36/h4-8,10-14,22H,9H2,1-3H3,(H,25,26,27)(H2,28,29,36). The van der Waals surface area contributed by atoms with Gasteiger partial charge in [0.1, 0.15) is 28.7 Å². The Balaban J connectivity index is 1.51. The maximum Gasteiger partial charge on any atom is 0.257 e. The zero-order chi connectivity index (χ0) is 27.7. The number of anilines is 1. The number of carbonyl (C=O) groups excluding carboxylic acids is 1. The number of hydrogen-bond donors (Lipinski definition) is 3. The van der Waals surface area contributed by atoms with Crippen molar-refractivity contribution < 1.29 is 37.2 Å². The molecule has 1 unspecified atom stereocenters. The highest BCUT2D eigenvalue weighted by Gasteiger charge is 2.31. The van der Waals surface area contributed by atoms with E-state index < -0.39 is 28.1 Å². The third kappa shape index (κ3) is 7.19. The second-order valence-electron chi connectivity index (χ2n) is 8.66. The van der Waals surface area contributed by atoms with Gasteiger partial charge in [0.05, 0.1) is 11.0 Å². The number of ether oxygens (including phenoxy) is 3. The molecule has 1 aliphatic heterocycles. The number of sulfone groups is 1. The first-order valence-corrected chi connectivity index (χ1v) is 16.8. The first-order chi connectivity index (χ1) is 17.8. The van der Waals surface area contributed by atoms with E-state index >= 15 is 0 Å². The number of benzene rings is 2. The number of nitrogens with zero attached hydrogens (tertiary/aromatic N) is 1. The van der Waals surface area contributed by atoms with Crippen LogP contribution in [0.2, 0.25) is 0 Å². The summed E-state index contributed by atoms with van der Waals surface area (Å²) in [5, 5.41) is 4.72. The molecule has 0 saturated carbocycles. The van der Waals surface area contributed by atoms with Crippen molar-refractivity contribution >= 4 is 56.3 Å². The Labute approximate surface area is 229 Å². The fourth-order valence-electron chi connectivity index (χ4n) is 3.43. The molecule has 0 aliphatic carbocycles. The van der Waals surface area contributed by atoms with Crippen molar-refractivity contribution in [1.82, 2.24) is 4.98 Å². The summed E-state index contributed by atoms with van der Waals surface area (Å²) in [5.41, 5.74) is 0.690. The molecule has 0 spiro atoms. The fourth-order valence-corrected chi connectivity index (χ4v) is 5.77. The monoisotopic (exact) mass is 596 g/mol. The van der Waals surface area contributed by atoms with Gasteiger partial charge in [-0.25, -0.2) is 13.4 Å². The highest BCUT2D eigenvalue weighted by Crippen LogP contribution is 2.49. The van der Waals surface area contributed by atoms with Gasteiger partial charge in [0.15, 0.2) is 20.8 Å². The molecule has 1 amide bonds. The van der Waals surface area contributed by atoms with Crippen LogP contribution >= 0.6 is 17.8 Å². The Morgan fingerprint density at radius 1 is 1.18 bits per heavy atom. The molecule has 2 aromatic carbocycles. The minimum absolute atomic E-state index is 0.158. The Morgan fingerprint density at radius 3 is 2.47 bits per heavy atom. The molecular weight excluding hydrogens is 571 g/mol. The van der Waals surface area contributed by atoms with Crippen molar-refractivity contribution in [2.45, 2.75) is 37.1 Å². The molecule has 38 heavy (non-hydrogen) atoms. The van der Waals surface area contributed by atoms with Crippen LogP contribution in [0.25, 0.3) is 5.76 Å². The second-order valence-corrected chi connectivity index (χ2v) is 14.9. The molecule has 0 fully saturated rings. The SMILES string of the molecule is CC(C)Oc1cc(Oc2ccc(S(C)(=O)=O)cc2)cc(C(=O)Nc2nc(C3=CCC(P(O)(O)=S)O3)cs2)c1. The molecular formula is C24H25N2O8PS3. The van der Waals surface area contributed by atoms with Gasteiger partial charge in [0, 0.05) is 29.7 Å². The van der Waals surface area contributed by atoms with Gasteiger partial charge in [-0.05, 0) is 68.1 Å². The van der Waals surface area contributed by atoms with Gasteiger partial charge in [-0.3, -0.25) is 10.1 Å². The van der Waals surface area contributed by atoms with E-state index in [0.29, 0.717) is 33.8 Å². The molecule has 0 saturated heterocycles. The lowest BCUT2D eigenvalue weighted by Gasteiger charge is -2.16. The summed E-state index contributed by atoms with van der Waals surface area (Å²) in [7, 11) is -3.34. The van der Waals surface area contributed by atoms with Gasteiger partial charge >= 0.3 is 0 Å². The van der Waals surface area contributed by atoms with E-state index in [9.17, 15) is 23.0 Å². The lowest BCUT2D eigenvalue weighted by molar-refractivity contribution is 0.102. The lowest BCUT2D eigenvalue weighted by atomic mass is 10.2. The van der Waals surface area contributed by atoms with Crippen LogP contribution in [0.3, 0.4) is 0 Å². The van der Waals surface area contributed by atoms with Crippen LogP contribution in [0, 0.1) is 0 Å². The number of hydrogen-bond acceptors (Lipinski definition) is 9. The number of rotatable bonds is 9. The minimum atomic E-state index is -3.57. The average Bonchev–Trinajstić information content (AvgIpc) is 3.48. The van der Waals surface area contributed by atoms with Crippen LogP contribution < -0.4 is 14.8 Å². The van der Waals surface area contributed by atoms with E-state index in [2.05, 4.69) is 10.3 Å². The number of amides is 1. The molecule has 202 valence electrons. The maximum atomic E-state index is 13.1. The molecule has 10 nitrogen and oxygen atoms in total. The smallest absolute Gasteiger partial charge is 0.257 e. The van der Waals surface area contributed by atoms with Crippen molar-refractivity contribution in [3.63, 3.8) is 0 Å². The molecule has 1 aliphatic rings. The molecule has 1 aromatic heterocycles. The van der Waals surface area contributed by atoms with Crippen molar-refractivity contribution in [2.75, 3.05) is 11.6 Å². The van der Waals surface area contributed by atoms with E-state index in [1.54, 1.807) is 23.6 Å². The van der Waals surface area contributed by atoms with Gasteiger partial charge < -0.3 is 24.0 Å². The first kappa shape index (κ1) is 28.2. The van der Waals surface area contributed by atoms with Gasteiger partial charge in [-0.1, -0.05) is 0 Å². The summed E-state index contributed by atoms with van der Waals surface area (Å²) >= 11 is 5.89. The highest BCUT2D eigenvalue weighted by molar-refractivity contribution is 8.09. The Kier molecular flexibility index (Phi) is 8.26. The van der Waals surface area contributed by atoms with Crippen LogP contribution in [0.15, 0.2) is 58.8 Å². The first-order valence-electron chi connectivity index (χ1n) is 11.3. The largest absolute Gasteiger partial charge is 0.491 e. The van der Waals surface area contributed by atoms with Gasteiger partial charge in [0.2, 0.25) is 6.49 Å². The third-order valence-corrected chi connectivity index (χ3v) is 8.78. The number of nitrogens with one attached hydrogen (secondary N) is 1. The molecule has 0 radical (unpaired) electrons. The van der Waals surface area contributed by atoms with Gasteiger partial charge in [0.25, 0.3) is 5.91 Å². The molecule has 3 aromatic rings. The zero-order valence-electron chi connectivity index (χ0n) is 20.5. The van der Waals surface area contributed by atoms with Gasteiger partial charge in [-0.2, -0.15) is 0 Å². The summed E-state index contributed by atoms with van der Waals surface area (Å²) in [6, 6.07) is 10.7. The normalized spacial score (nSPS) is 15.6. The molecule has 14 heteroatoms. The van der Waals surface area contributed by atoms with E-state index in [0.717, 1.165) is 6.26 Å². The van der Waals surface area contributed by atoms with Crippen LogP contribution in [0.5, 0.6) is 17.2 Å². The molecule has 0 bridgehead atoms. The zero-order valence-corrected chi connectivity index (χ0v) is 23.9. The van der Waals surface area contributed by atoms with E-state index in [-0.39, 0.29) is 23.0 Å². The van der Waals surface area contributed by atoms with Crippen LogP contribution in [0.1, 0.15) is 36.3 Å². The number of aromatic nitrogens is 1. The van der Waals surface area contributed by atoms with Crippen LogP contribution in [-0.4, -0.2) is 47.3 Å². The molecule has 3 N–H and O–H groups in total. The summed E-state index contributed by atoms with van der Waals surface area (Å²) < 4.78 is 40.6. The second kappa shape index (κ2) is 11.1. The predicted octanol–water partition coefficient (Wildman–Crippen LogP) is 4.76. The Morgan fingerprint density at radius 2 is 1.87 bits per heavy atom. The van der Waals surface area contributed by atoms with E-state index in [1.165, 1.54) is 41.7 Å². The minimum Gasteiger partial charge on any atom is -0.491 e. The van der Waals surface area contributed by atoms with Crippen molar-refractivity contribution in [1.29, 1.82) is 0 Å². The summed E-state index contributed by atoms with van der Waals surface area (Å²) in [6.45, 7) is 0.135. The predicted molar refractivity (Wildman–Crippen MR) is 148 cm³/mol. The molecule has 4 rings (SSSR count). The van der Waals surface area contributed by atoms with Crippen LogP contribution in [-0.2, 0) is 26.4 Å². The van der Waals surface area contributed by atoms with Crippen molar-refractivity contribution in [3.05, 3.63) is 65.2 Å². The van der Waals surface area contributed by atoms with Gasteiger partial charge in [-0.15, -0.1) is 11.3 Å². The van der Waals surface area contributed by atoms with Crippen molar-refractivity contribution in [2.24, 2.45) is 0 Å². The fraction of sp³-hybridized carbons (Fsp3) is 0.250. The molecule has 1 atom stereocenters. The Bertz CT molecular complexity index is 1530. The summed E-state index contributed by atoms with van der Waals surface area (Å²) in [4.78, 5) is 37.0. The van der Waals surface area contributed by atoms with Crippen LogP contribution in [0.4, 0.5) is 5.13 Å². The number of thiazole rings is 1. The Hall–Kier alpha value is -2.80. The summed E-state index contributed by atoms with van der Waals surface area (Å²) in [5.74, 6) is 0.146. The maximum absolute atomic E-state index is 13.1. The quantitative estimate of drug-likeness (QED) is 0.296. The average molecular weight is 597 g/mol. The van der Waals surface area contributed by atoms with E-state index in [1.807, 2.05) is 13.8 Å². The third-order valence-electron chi connectivity index (χ3n) is 5.12. The highest BCUT2D eigenvalue weighted by atomic mass is 32.5. The number of carbonyl (C=O) groups is 1. The van der Waals surface area contributed by atoms with Crippen molar-refractivity contribution in [3.8, 4) is 17.2 Å². The molecule has 2 heterocycles. The van der Waals surface area contributed by atoms with E-state index in [4.69, 9.17) is 26.0 Å². The topological polar surface area (TPSA) is 144 Å². The summed E-state index contributed by atoms with van der Waals surface area (Å²) in [6.07, 6.45) is 2.91.